The van der Waals surface area contributed by atoms with E-state index in [0.29, 0.717) is 30.2 Å². The van der Waals surface area contributed by atoms with Crippen molar-refractivity contribution >= 4 is 28.3 Å². The van der Waals surface area contributed by atoms with E-state index in [-0.39, 0.29) is 12.0 Å². The average Bonchev–Trinajstić information content (AvgIpc) is 3.38. The minimum absolute atomic E-state index is 0.0305. The molecule has 0 aliphatic carbocycles. The van der Waals surface area contributed by atoms with E-state index in [1.54, 1.807) is 35.9 Å². The molecule has 1 amide bonds. The van der Waals surface area contributed by atoms with Gasteiger partial charge in [-0.15, -0.1) is 0 Å². The number of hydrogen-bond donors (Lipinski definition) is 2. The number of ether oxygens (including phenoxy) is 2. The van der Waals surface area contributed by atoms with Crippen molar-refractivity contribution in [1.82, 2.24) is 24.6 Å². The Bertz CT molecular complexity index is 1290. The molecule has 9 heteroatoms. The monoisotopic (exact) mass is 432 g/mol. The summed E-state index contributed by atoms with van der Waals surface area (Å²) in [5.74, 6) is 1.21. The number of amides is 1. The van der Waals surface area contributed by atoms with E-state index in [1.807, 2.05) is 43.8 Å². The van der Waals surface area contributed by atoms with Gasteiger partial charge in [-0.05, 0) is 24.3 Å². The lowest BCUT2D eigenvalue weighted by atomic mass is 10.1. The maximum absolute atomic E-state index is 12.7. The SMILES string of the molecule is COc1cc(C(=O)N2CC(OC)C2)ccc1Nc1cc2[nH]c(-c3cnn(C)c3)cc2cn1. The maximum atomic E-state index is 12.7. The van der Waals surface area contributed by atoms with E-state index in [1.165, 1.54) is 0 Å². The van der Waals surface area contributed by atoms with Crippen molar-refractivity contribution in [2.24, 2.45) is 7.05 Å². The molecule has 9 nitrogen and oxygen atoms in total. The zero-order chi connectivity index (χ0) is 22.2. The van der Waals surface area contributed by atoms with Crippen molar-refractivity contribution in [3.63, 3.8) is 0 Å². The van der Waals surface area contributed by atoms with Gasteiger partial charge in [-0.2, -0.15) is 5.10 Å². The van der Waals surface area contributed by atoms with Crippen LogP contribution >= 0.6 is 0 Å². The van der Waals surface area contributed by atoms with Gasteiger partial charge in [0.15, 0.2) is 0 Å². The fourth-order valence-electron chi connectivity index (χ4n) is 3.81. The Balaban J connectivity index is 1.36. The molecule has 5 rings (SSSR count). The van der Waals surface area contributed by atoms with Gasteiger partial charge in [-0.25, -0.2) is 4.98 Å². The van der Waals surface area contributed by atoms with Crippen LogP contribution in [0.15, 0.2) is 48.9 Å². The van der Waals surface area contributed by atoms with E-state index in [2.05, 4.69) is 20.4 Å². The lowest BCUT2D eigenvalue weighted by Gasteiger charge is -2.38. The molecule has 1 aliphatic heterocycles. The van der Waals surface area contributed by atoms with Crippen LogP contribution in [0.25, 0.3) is 22.2 Å². The van der Waals surface area contributed by atoms with Crippen molar-refractivity contribution in [2.75, 3.05) is 32.6 Å². The fourth-order valence-corrected chi connectivity index (χ4v) is 3.81. The third kappa shape index (κ3) is 3.67. The van der Waals surface area contributed by atoms with E-state index in [0.717, 1.165) is 27.8 Å². The summed E-state index contributed by atoms with van der Waals surface area (Å²) in [5, 5.41) is 8.52. The Hall–Kier alpha value is -3.85. The maximum Gasteiger partial charge on any atom is 0.254 e. The van der Waals surface area contributed by atoms with Crippen LogP contribution in [0, 0.1) is 0 Å². The first-order valence-corrected chi connectivity index (χ1v) is 10.3. The lowest BCUT2D eigenvalue weighted by Crippen LogP contribution is -2.54. The van der Waals surface area contributed by atoms with Crippen LogP contribution in [-0.4, -0.2) is 64.0 Å². The van der Waals surface area contributed by atoms with Gasteiger partial charge in [-0.3, -0.25) is 9.48 Å². The minimum atomic E-state index is -0.0305. The van der Waals surface area contributed by atoms with Crippen molar-refractivity contribution < 1.29 is 14.3 Å². The van der Waals surface area contributed by atoms with Gasteiger partial charge in [-0.1, -0.05) is 0 Å². The van der Waals surface area contributed by atoms with Crippen LogP contribution in [0.3, 0.4) is 0 Å². The van der Waals surface area contributed by atoms with Gasteiger partial charge in [0.25, 0.3) is 5.91 Å². The number of likely N-dealkylation sites (tertiary alicyclic amines) is 1. The predicted molar refractivity (Wildman–Crippen MR) is 121 cm³/mol. The number of hydrogen-bond acceptors (Lipinski definition) is 6. The number of H-pyrrole nitrogens is 1. The molecule has 2 N–H and O–H groups in total. The summed E-state index contributed by atoms with van der Waals surface area (Å²) in [6.45, 7) is 1.22. The Labute approximate surface area is 185 Å². The molecule has 32 heavy (non-hydrogen) atoms. The molecular formula is C23H24N6O3. The van der Waals surface area contributed by atoms with Gasteiger partial charge in [0, 0.05) is 67.9 Å². The highest BCUT2D eigenvalue weighted by Crippen LogP contribution is 2.31. The molecule has 1 saturated heterocycles. The van der Waals surface area contributed by atoms with Gasteiger partial charge >= 0.3 is 0 Å². The molecular weight excluding hydrogens is 408 g/mol. The first-order valence-electron chi connectivity index (χ1n) is 10.3. The van der Waals surface area contributed by atoms with Gasteiger partial charge < -0.3 is 24.7 Å². The third-order valence-electron chi connectivity index (χ3n) is 5.70. The fraction of sp³-hybridized carbons (Fsp3) is 0.261. The lowest BCUT2D eigenvalue weighted by molar-refractivity contribution is -0.0192. The Morgan fingerprint density at radius 1 is 1.19 bits per heavy atom. The van der Waals surface area contributed by atoms with Crippen LogP contribution < -0.4 is 10.1 Å². The molecule has 0 bridgehead atoms. The van der Waals surface area contributed by atoms with Crippen LogP contribution in [0.2, 0.25) is 0 Å². The Kier molecular flexibility index (Phi) is 5.02. The molecule has 0 spiro atoms. The summed E-state index contributed by atoms with van der Waals surface area (Å²) in [5.41, 5.74) is 4.26. The second-order valence-corrected chi connectivity index (χ2v) is 7.85. The Morgan fingerprint density at radius 2 is 2.03 bits per heavy atom. The highest BCUT2D eigenvalue weighted by Gasteiger charge is 2.31. The van der Waals surface area contributed by atoms with Crippen molar-refractivity contribution in [2.45, 2.75) is 6.10 Å². The molecule has 164 valence electrons. The molecule has 1 fully saturated rings. The summed E-state index contributed by atoms with van der Waals surface area (Å²) < 4.78 is 12.5. The highest BCUT2D eigenvalue weighted by atomic mass is 16.5. The molecule has 4 heterocycles. The second-order valence-electron chi connectivity index (χ2n) is 7.85. The van der Waals surface area contributed by atoms with E-state index >= 15 is 0 Å². The molecule has 0 atom stereocenters. The first-order chi connectivity index (χ1) is 15.5. The largest absolute Gasteiger partial charge is 0.495 e. The number of methoxy groups -OCH3 is 2. The van der Waals surface area contributed by atoms with Crippen molar-refractivity contribution in [3.05, 3.63) is 54.5 Å². The van der Waals surface area contributed by atoms with Crippen LogP contribution in [-0.2, 0) is 11.8 Å². The summed E-state index contributed by atoms with van der Waals surface area (Å²) in [4.78, 5) is 22.4. The quantitative estimate of drug-likeness (QED) is 0.486. The standard InChI is InChI=1S/C23H24N6O3/c1-28-11-16(10-25-28)19-6-15-9-24-22(8-20(15)26-19)27-18-5-4-14(7-21(18)32-3)23(30)29-12-17(13-29)31-2/h4-11,17,26H,12-13H2,1-3H3,(H,24,27). The zero-order valence-electron chi connectivity index (χ0n) is 18.1. The number of nitrogens with one attached hydrogen (secondary N) is 2. The number of carbonyl (C=O) groups is 1. The molecule has 4 aromatic rings. The number of benzene rings is 1. The molecule has 1 aromatic carbocycles. The highest BCUT2D eigenvalue weighted by molar-refractivity contribution is 5.96. The number of anilines is 2. The average molecular weight is 432 g/mol. The normalized spacial score (nSPS) is 13.9. The van der Waals surface area contributed by atoms with E-state index < -0.39 is 0 Å². The van der Waals surface area contributed by atoms with Crippen LogP contribution in [0.1, 0.15) is 10.4 Å². The van der Waals surface area contributed by atoms with Gasteiger partial charge in [0.2, 0.25) is 0 Å². The van der Waals surface area contributed by atoms with Gasteiger partial charge in [0.05, 0.1) is 30.6 Å². The summed E-state index contributed by atoms with van der Waals surface area (Å²) >= 11 is 0. The molecule has 0 radical (unpaired) electrons. The third-order valence-corrected chi connectivity index (χ3v) is 5.70. The molecule has 0 saturated carbocycles. The zero-order valence-corrected chi connectivity index (χ0v) is 18.1. The minimum Gasteiger partial charge on any atom is -0.495 e. The number of aryl methyl sites for hydroxylation is 1. The van der Waals surface area contributed by atoms with Gasteiger partial charge in [0.1, 0.15) is 11.6 Å². The predicted octanol–water partition coefficient (Wildman–Crippen LogP) is 3.19. The number of aromatic amines is 1. The summed E-state index contributed by atoms with van der Waals surface area (Å²) in [7, 11) is 5.14. The van der Waals surface area contributed by atoms with Crippen molar-refractivity contribution in [1.29, 1.82) is 0 Å². The topological polar surface area (TPSA) is 97.3 Å². The van der Waals surface area contributed by atoms with Crippen LogP contribution in [0.4, 0.5) is 11.5 Å². The first kappa shape index (κ1) is 20.1. The number of rotatable bonds is 6. The van der Waals surface area contributed by atoms with E-state index in [9.17, 15) is 4.79 Å². The van der Waals surface area contributed by atoms with E-state index in [4.69, 9.17) is 9.47 Å². The number of carbonyl (C=O) groups excluding carboxylic acids is 1. The molecule has 3 aromatic heterocycles. The Morgan fingerprint density at radius 3 is 2.75 bits per heavy atom. The number of aromatic nitrogens is 4. The smallest absolute Gasteiger partial charge is 0.254 e. The molecule has 0 unspecified atom stereocenters. The summed E-state index contributed by atoms with van der Waals surface area (Å²) in [6, 6.07) is 9.37. The number of pyridine rings is 1. The summed E-state index contributed by atoms with van der Waals surface area (Å²) in [6.07, 6.45) is 5.71. The number of nitrogens with zero attached hydrogens (tertiary/aromatic N) is 4. The molecule has 1 aliphatic rings. The second kappa shape index (κ2) is 8.01. The number of fused-ring (bicyclic) bond motifs is 1. The van der Waals surface area contributed by atoms with Crippen molar-refractivity contribution in [3.8, 4) is 17.0 Å². The van der Waals surface area contributed by atoms with Crippen LogP contribution in [0.5, 0.6) is 5.75 Å².